The molecule has 94 valence electrons. The fourth-order valence-corrected chi connectivity index (χ4v) is 2.77. The van der Waals surface area contributed by atoms with Gasteiger partial charge in [0.25, 0.3) is 5.56 Å². The van der Waals surface area contributed by atoms with Gasteiger partial charge in [-0.1, -0.05) is 0 Å². The van der Waals surface area contributed by atoms with Crippen molar-refractivity contribution in [1.82, 2.24) is 14.9 Å². The van der Waals surface area contributed by atoms with Gasteiger partial charge in [-0.2, -0.15) is 0 Å². The van der Waals surface area contributed by atoms with Crippen LogP contribution in [0.15, 0.2) is 15.6 Å². The van der Waals surface area contributed by atoms with Crippen LogP contribution in [-0.4, -0.2) is 48.1 Å². The molecule has 17 heavy (non-hydrogen) atoms. The Bertz CT molecular complexity index is 447. The standard InChI is InChI=1S/C11H17BrN4O/c1-15-5-3-4-8(15)6-16(2)10-9(12)11(17)14-7-13-10/h7-8H,3-6H2,1-2H3,(H,13,14,17). The summed E-state index contributed by atoms with van der Waals surface area (Å²) in [5.74, 6) is 0.703. The number of likely N-dealkylation sites (N-methyl/N-ethyl adjacent to an activating group) is 2. The molecule has 1 fully saturated rings. The lowest BCUT2D eigenvalue weighted by Crippen LogP contribution is -2.37. The topological polar surface area (TPSA) is 52.2 Å². The minimum atomic E-state index is -0.137. The van der Waals surface area contributed by atoms with Gasteiger partial charge in [-0.25, -0.2) is 4.98 Å². The van der Waals surface area contributed by atoms with Crippen LogP contribution in [0.3, 0.4) is 0 Å². The molecule has 1 aromatic rings. The predicted molar refractivity (Wildman–Crippen MR) is 71.5 cm³/mol. The number of rotatable bonds is 3. The van der Waals surface area contributed by atoms with Gasteiger partial charge in [0.2, 0.25) is 0 Å². The molecule has 1 N–H and O–H groups in total. The van der Waals surface area contributed by atoms with Crippen molar-refractivity contribution in [1.29, 1.82) is 0 Å². The van der Waals surface area contributed by atoms with Crippen molar-refractivity contribution in [3.63, 3.8) is 0 Å². The van der Waals surface area contributed by atoms with E-state index in [2.05, 4.69) is 37.8 Å². The molecule has 0 bridgehead atoms. The number of hydrogen-bond acceptors (Lipinski definition) is 4. The van der Waals surface area contributed by atoms with E-state index < -0.39 is 0 Å². The van der Waals surface area contributed by atoms with Crippen LogP contribution in [0.5, 0.6) is 0 Å². The molecule has 6 heteroatoms. The zero-order valence-corrected chi connectivity index (χ0v) is 11.7. The van der Waals surface area contributed by atoms with Crippen LogP contribution in [0, 0.1) is 0 Å². The van der Waals surface area contributed by atoms with Crippen molar-refractivity contribution >= 4 is 21.7 Å². The molecule has 0 saturated carbocycles. The van der Waals surface area contributed by atoms with Gasteiger partial charge in [0.1, 0.15) is 10.3 Å². The molecule has 1 unspecified atom stereocenters. The summed E-state index contributed by atoms with van der Waals surface area (Å²) in [4.78, 5) is 22.6. The van der Waals surface area contributed by atoms with Crippen LogP contribution < -0.4 is 10.5 Å². The Hall–Kier alpha value is -0.880. The van der Waals surface area contributed by atoms with E-state index >= 15 is 0 Å². The number of aromatic amines is 1. The first-order chi connectivity index (χ1) is 8.09. The van der Waals surface area contributed by atoms with Crippen LogP contribution in [0.2, 0.25) is 0 Å². The molecule has 0 amide bonds. The third-order valence-electron chi connectivity index (χ3n) is 3.30. The second-order valence-corrected chi connectivity index (χ2v) is 5.32. The van der Waals surface area contributed by atoms with E-state index in [1.54, 1.807) is 0 Å². The summed E-state index contributed by atoms with van der Waals surface area (Å²) in [6, 6.07) is 0.549. The van der Waals surface area contributed by atoms with Crippen LogP contribution in [0.25, 0.3) is 0 Å². The Kier molecular flexibility index (Phi) is 3.83. The highest BCUT2D eigenvalue weighted by molar-refractivity contribution is 9.10. The first-order valence-corrected chi connectivity index (χ1v) is 6.53. The third-order valence-corrected chi connectivity index (χ3v) is 4.01. The lowest BCUT2D eigenvalue weighted by molar-refractivity contribution is 0.314. The monoisotopic (exact) mass is 300 g/mol. The maximum atomic E-state index is 11.5. The molecule has 0 aromatic carbocycles. The molecule has 0 spiro atoms. The van der Waals surface area contributed by atoms with E-state index in [1.165, 1.54) is 19.2 Å². The Morgan fingerprint density at radius 3 is 3.12 bits per heavy atom. The molecule has 1 aromatic heterocycles. The van der Waals surface area contributed by atoms with E-state index in [0.717, 1.165) is 13.1 Å². The van der Waals surface area contributed by atoms with E-state index in [-0.39, 0.29) is 5.56 Å². The van der Waals surface area contributed by atoms with Gasteiger partial charge < -0.3 is 14.8 Å². The van der Waals surface area contributed by atoms with E-state index in [9.17, 15) is 4.79 Å². The number of anilines is 1. The summed E-state index contributed by atoms with van der Waals surface area (Å²) >= 11 is 3.28. The second kappa shape index (κ2) is 5.18. The predicted octanol–water partition coefficient (Wildman–Crippen LogP) is 1.06. The van der Waals surface area contributed by atoms with Crippen molar-refractivity contribution in [2.24, 2.45) is 0 Å². The number of aromatic nitrogens is 2. The highest BCUT2D eigenvalue weighted by Crippen LogP contribution is 2.21. The van der Waals surface area contributed by atoms with Crippen LogP contribution in [0.4, 0.5) is 5.82 Å². The molecule has 0 aliphatic carbocycles. The maximum absolute atomic E-state index is 11.5. The summed E-state index contributed by atoms with van der Waals surface area (Å²) in [6.07, 6.45) is 3.90. The largest absolute Gasteiger partial charge is 0.357 e. The molecular weight excluding hydrogens is 284 g/mol. The Morgan fingerprint density at radius 2 is 2.47 bits per heavy atom. The van der Waals surface area contributed by atoms with Crippen molar-refractivity contribution < 1.29 is 0 Å². The van der Waals surface area contributed by atoms with Crippen molar-refractivity contribution in [3.05, 3.63) is 21.2 Å². The van der Waals surface area contributed by atoms with Gasteiger partial charge in [0, 0.05) is 19.6 Å². The van der Waals surface area contributed by atoms with Crippen LogP contribution >= 0.6 is 15.9 Å². The Labute approximate surface area is 109 Å². The summed E-state index contributed by atoms with van der Waals surface area (Å²) < 4.78 is 0.503. The molecule has 2 rings (SSSR count). The Morgan fingerprint density at radius 1 is 1.71 bits per heavy atom. The zero-order chi connectivity index (χ0) is 12.4. The van der Waals surface area contributed by atoms with Crippen LogP contribution in [0.1, 0.15) is 12.8 Å². The quantitative estimate of drug-likeness (QED) is 0.907. The highest BCUT2D eigenvalue weighted by Gasteiger charge is 2.23. The van der Waals surface area contributed by atoms with Gasteiger partial charge in [0.05, 0.1) is 6.33 Å². The van der Waals surface area contributed by atoms with Crippen molar-refractivity contribution in [2.75, 3.05) is 32.1 Å². The lowest BCUT2D eigenvalue weighted by atomic mass is 10.2. The third kappa shape index (κ3) is 2.69. The lowest BCUT2D eigenvalue weighted by Gasteiger charge is -2.26. The number of halogens is 1. The minimum Gasteiger partial charge on any atom is -0.357 e. The summed E-state index contributed by atoms with van der Waals surface area (Å²) in [7, 11) is 4.12. The molecule has 0 radical (unpaired) electrons. The number of nitrogens with one attached hydrogen (secondary N) is 1. The molecule has 5 nitrogen and oxygen atoms in total. The highest BCUT2D eigenvalue weighted by atomic mass is 79.9. The zero-order valence-electron chi connectivity index (χ0n) is 10.1. The normalized spacial score (nSPS) is 20.8. The van der Waals surface area contributed by atoms with E-state index in [4.69, 9.17) is 0 Å². The van der Waals surface area contributed by atoms with E-state index in [1.807, 2.05) is 11.9 Å². The Balaban J connectivity index is 2.11. The molecule has 1 aliphatic rings. The summed E-state index contributed by atoms with van der Waals surface area (Å²) in [6.45, 7) is 2.05. The minimum absolute atomic E-state index is 0.137. The first kappa shape index (κ1) is 12.6. The molecule has 2 heterocycles. The summed E-state index contributed by atoms with van der Waals surface area (Å²) in [5, 5.41) is 0. The maximum Gasteiger partial charge on any atom is 0.267 e. The molecule has 1 aliphatic heterocycles. The van der Waals surface area contributed by atoms with Gasteiger partial charge >= 0.3 is 0 Å². The second-order valence-electron chi connectivity index (χ2n) is 4.53. The number of likely N-dealkylation sites (tertiary alicyclic amines) is 1. The SMILES string of the molecule is CN(CC1CCCN1C)c1nc[nH]c(=O)c1Br. The smallest absolute Gasteiger partial charge is 0.267 e. The van der Waals surface area contributed by atoms with E-state index in [0.29, 0.717) is 16.3 Å². The molecular formula is C11H17BrN4O. The number of nitrogens with zero attached hydrogens (tertiary/aromatic N) is 3. The number of H-pyrrole nitrogens is 1. The fourth-order valence-electron chi connectivity index (χ4n) is 2.25. The summed E-state index contributed by atoms with van der Waals surface area (Å²) in [5.41, 5.74) is -0.137. The van der Waals surface area contributed by atoms with Gasteiger partial charge in [-0.05, 0) is 42.4 Å². The fraction of sp³-hybridized carbons (Fsp3) is 0.636. The first-order valence-electron chi connectivity index (χ1n) is 5.74. The molecule has 1 atom stereocenters. The average Bonchev–Trinajstić information content (AvgIpc) is 2.68. The van der Waals surface area contributed by atoms with Gasteiger partial charge in [-0.3, -0.25) is 4.79 Å². The van der Waals surface area contributed by atoms with Crippen molar-refractivity contribution in [2.45, 2.75) is 18.9 Å². The van der Waals surface area contributed by atoms with Gasteiger partial charge in [-0.15, -0.1) is 0 Å². The molecule has 1 saturated heterocycles. The number of hydrogen-bond donors (Lipinski definition) is 1. The van der Waals surface area contributed by atoms with Gasteiger partial charge in [0.15, 0.2) is 0 Å². The average molecular weight is 301 g/mol. The van der Waals surface area contributed by atoms with Crippen LogP contribution in [-0.2, 0) is 0 Å². The van der Waals surface area contributed by atoms with Crippen molar-refractivity contribution in [3.8, 4) is 0 Å².